The maximum atomic E-state index is 13.4. The van der Waals surface area contributed by atoms with Crippen molar-refractivity contribution in [3.8, 4) is 22.6 Å². The van der Waals surface area contributed by atoms with Crippen LogP contribution in [0.4, 0.5) is 5.69 Å². The Balaban J connectivity index is 1.51. The zero-order valence-electron chi connectivity index (χ0n) is 21.4. The standard InChI is InChI=1S/C28H24Cl2N6O3/c1-4-23(28(38)32-19-8-9-22-17(11-19)6-5-16(2)31-22)35-14-25(39-3)21(13-27(35)37)20-12-18(29)7-10-24(20)36-15-26(30)33-34-36/h5-15,23H,4H2,1-3H3,(H,32,38). The van der Waals surface area contributed by atoms with Gasteiger partial charge in [-0.05, 0) is 55.8 Å². The number of fused-ring (bicyclic) bond motifs is 1. The number of nitrogens with one attached hydrogen (secondary N) is 1. The summed E-state index contributed by atoms with van der Waals surface area (Å²) in [5.41, 5.74) is 3.65. The second-order valence-electron chi connectivity index (χ2n) is 8.92. The summed E-state index contributed by atoms with van der Waals surface area (Å²) in [4.78, 5) is 31.3. The summed E-state index contributed by atoms with van der Waals surface area (Å²) >= 11 is 12.3. The number of pyridine rings is 2. The average Bonchev–Trinajstić information content (AvgIpc) is 3.35. The van der Waals surface area contributed by atoms with E-state index in [0.29, 0.717) is 39.7 Å². The molecule has 0 aliphatic carbocycles. The monoisotopic (exact) mass is 562 g/mol. The fraction of sp³-hybridized carbons (Fsp3) is 0.179. The van der Waals surface area contributed by atoms with Crippen molar-refractivity contribution in [2.75, 3.05) is 12.4 Å². The van der Waals surface area contributed by atoms with Crippen molar-refractivity contribution < 1.29 is 9.53 Å². The molecule has 0 saturated heterocycles. The number of ether oxygens (including phenoxy) is 1. The van der Waals surface area contributed by atoms with Gasteiger partial charge in [0.2, 0.25) is 5.91 Å². The van der Waals surface area contributed by atoms with Crippen LogP contribution in [0.1, 0.15) is 25.1 Å². The second-order valence-corrected chi connectivity index (χ2v) is 9.75. The fourth-order valence-electron chi connectivity index (χ4n) is 4.47. The van der Waals surface area contributed by atoms with Gasteiger partial charge in [0.05, 0.1) is 30.7 Å². The van der Waals surface area contributed by atoms with Crippen LogP contribution in [0, 0.1) is 6.92 Å². The van der Waals surface area contributed by atoms with Gasteiger partial charge in [-0.2, -0.15) is 0 Å². The van der Waals surface area contributed by atoms with Gasteiger partial charge in [-0.3, -0.25) is 19.1 Å². The Hall–Kier alpha value is -4.21. The van der Waals surface area contributed by atoms with Gasteiger partial charge in [-0.1, -0.05) is 41.4 Å². The third-order valence-electron chi connectivity index (χ3n) is 6.35. The molecule has 0 aliphatic rings. The Morgan fingerprint density at radius 1 is 1.05 bits per heavy atom. The molecule has 0 saturated carbocycles. The molecular weight excluding hydrogens is 539 g/mol. The van der Waals surface area contributed by atoms with Gasteiger partial charge in [0.15, 0.2) is 5.15 Å². The minimum absolute atomic E-state index is 0.216. The van der Waals surface area contributed by atoms with Crippen LogP contribution in [0.5, 0.6) is 5.75 Å². The topological polar surface area (TPSA) is 104 Å². The number of rotatable bonds is 7. The third kappa shape index (κ3) is 5.36. The van der Waals surface area contributed by atoms with Gasteiger partial charge >= 0.3 is 0 Å². The maximum Gasteiger partial charge on any atom is 0.252 e. The molecule has 0 radical (unpaired) electrons. The number of carbonyl (C=O) groups excluding carboxylic acids is 1. The molecule has 9 nitrogen and oxygen atoms in total. The van der Waals surface area contributed by atoms with E-state index >= 15 is 0 Å². The minimum Gasteiger partial charge on any atom is -0.495 e. The summed E-state index contributed by atoms with van der Waals surface area (Å²) in [6, 6.07) is 15.2. The van der Waals surface area contributed by atoms with Crippen molar-refractivity contribution >= 4 is 45.7 Å². The van der Waals surface area contributed by atoms with Gasteiger partial charge in [-0.25, -0.2) is 4.68 Å². The molecule has 0 aliphatic heterocycles. The molecule has 39 heavy (non-hydrogen) atoms. The number of methoxy groups -OCH3 is 1. The number of benzene rings is 2. The average molecular weight is 563 g/mol. The quantitative estimate of drug-likeness (QED) is 0.266. The Morgan fingerprint density at radius 2 is 1.87 bits per heavy atom. The molecule has 1 amide bonds. The highest BCUT2D eigenvalue weighted by Gasteiger charge is 2.23. The van der Waals surface area contributed by atoms with Gasteiger partial charge < -0.3 is 10.1 Å². The Kier molecular flexibility index (Phi) is 7.36. The summed E-state index contributed by atoms with van der Waals surface area (Å²) in [6.45, 7) is 3.77. The Labute approximate surface area is 234 Å². The van der Waals surface area contributed by atoms with E-state index in [1.807, 2.05) is 38.1 Å². The van der Waals surface area contributed by atoms with Crippen LogP contribution in [0.2, 0.25) is 10.2 Å². The molecule has 11 heteroatoms. The van der Waals surface area contributed by atoms with Crippen molar-refractivity contribution in [2.45, 2.75) is 26.3 Å². The number of anilines is 1. The third-order valence-corrected chi connectivity index (χ3v) is 6.75. The molecular formula is C28H24Cl2N6O3. The normalized spacial score (nSPS) is 11.9. The van der Waals surface area contributed by atoms with Crippen molar-refractivity contribution in [2.24, 2.45) is 0 Å². The van der Waals surface area contributed by atoms with Gasteiger partial charge in [0.1, 0.15) is 11.8 Å². The van der Waals surface area contributed by atoms with Crippen LogP contribution in [0.25, 0.3) is 27.7 Å². The molecule has 3 heterocycles. The number of halogens is 2. The number of amides is 1. The van der Waals surface area contributed by atoms with Crippen LogP contribution in [-0.4, -0.2) is 37.6 Å². The van der Waals surface area contributed by atoms with Crippen LogP contribution in [0.15, 0.2) is 71.8 Å². The van der Waals surface area contributed by atoms with E-state index in [0.717, 1.165) is 16.6 Å². The molecule has 198 valence electrons. The van der Waals surface area contributed by atoms with E-state index in [1.165, 1.54) is 28.6 Å². The summed E-state index contributed by atoms with van der Waals surface area (Å²) in [6.07, 6.45) is 3.46. The molecule has 2 aromatic carbocycles. The number of nitrogens with zero attached hydrogens (tertiary/aromatic N) is 5. The zero-order valence-corrected chi connectivity index (χ0v) is 22.9. The summed E-state index contributed by atoms with van der Waals surface area (Å²) < 4.78 is 8.53. The lowest BCUT2D eigenvalue weighted by atomic mass is 10.0. The molecule has 0 spiro atoms. The van der Waals surface area contributed by atoms with E-state index in [4.69, 9.17) is 27.9 Å². The van der Waals surface area contributed by atoms with Crippen LogP contribution in [-0.2, 0) is 4.79 Å². The zero-order chi connectivity index (χ0) is 27.7. The van der Waals surface area contributed by atoms with E-state index < -0.39 is 6.04 Å². The Bertz CT molecular complexity index is 1760. The molecule has 1 N–H and O–H groups in total. The van der Waals surface area contributed by atoms with Gasteiger partial charge in [0.25, 0.3) is 5.56 Å². The first-order valence-electron chi connectivity index (χ1n) is 12.1. The molecule has 5 rings (SSSR count). The predicted molar refractivity (Wildman–Crippen MR) is 152 cm³/mol. The molecule has 0 fully saturated rings. The van der Waals surface area contributed by atoms with Crippen molar-refractivity contribution in [1.29, 1.82) is 0 Å². The minimum atomic E-state index is -0.778. The van der Waals surface area contributed by atoms with Crippen LogP contribution < -0.4 is 15.6 Å². The fourth-order valence-corrected chi connectivity index (χ4v) is 4.77. The summed E-state index contributed by atoms with van der Waals surface area (Å²) in [5.74, 6) is 0.0530. The highest BCUT2D eigenvalue weighted by molar-refractivity contribution is 6.31. The van der Waals surface area contributed by atoms with Crippen molar-refractivity contribution in [1.82, 2.24) is 24.5 Å². The first-order chi connectivity index (χ1) is 18.8. The number of aryl methyl sites for hydroxylation is 1. The van der Waals surface area contributed by atoms with Crippen LogP contribution in [0.3, 0.4) is 0 Å². The molecule has 1 unspecified atom stereocenters. The van der Waals surface area contributed by atoms with E-state index in [9.17, 15) is 9.59 Å². The molecule has 0 bridgehead atoms. The number of hydrogen-bond donors (Lipinski definition) is 1. The molecule has 3 aromatic heterocycles. The summed E-state index contributed by atoms with van der Waals surface area (Å²) in [7, 11) is 1.50. The van der Waals surface area contributed by atoms with Crippen molar-refractivity contribution in [3.05, 3.63) is 93.2 Å². The van der Waals surface area contributed by atoms with E-state index in [2.05, 4.69) is 20.6 Å². The van der Waals surface area contributed by atoms with Crippen molar-refractivity contribution in [3.63, 3.8) is 0 Å². The maximum absolute atomic E-state index is 13.4. The predicted octanol–water partition coefficient (Wildman–Crippen LogP) is 5.86. The lowest BCUT2D eigenvalue weighted by Crippen LogP contribution is -2.32. The lowest BCUT2D eigenvalue weighted by molar-refractivity contribution is -0.119. The van der Waals surface area contributed by atoms with Gasteiger partial charge in [0, 0.05) is 39.0 Å². The van der Waals surface area contributed by atoms with Crippen LogP contribution >= 0.6 is 23.2 Å². The smallest absolute Gasteiger partial charge is 0.252 e. The van der Waals surface area contributed by atoms with Gasteiger partial charge in [-0.15, -0.1) is 5.10 Å². The van der Waals surface area contributed by atoms with E-state index in [1.54, 1.807) is 30.5 Å². The SMILES string of the molecule is CCC(C(=O)Nc1ccc2nc(C)ccc2c1)n1cc(OC)c(-c2cc(Cl)ccc2-n2cc(Cl)nn2)cc1=O. The number of aromatic nitrogens is 5. The first-order valence-corrected chi connectivity index (χ1v) is 12.9. The first kappa shape index (κ1) is 26.4. The number of carbonyl (C=O) groups is 1. The Morgan fingerprint density at radius 3 is 2.59 bits per heavy atom. The molecule has 1 atom stereocenters. The number of hydrogen-bond acceptors (Lipinski definition) is 6. The van der Waals surface area contributed by atoms with E-state index in [-0.39, 0.29) is 16.6 Å². The highest BCUT2D eigenvalue weighted by Crippen LogP contribution is 2.35. The lowest BCUT2D eigenvalue weighted by Gasteiger charge is -2.21. The molecule has 5 aromatic rings. The second kappa shape index (κ2) is 10.9. The largest absolute Gasteiger partial charge is 0.495 e. The highest BCUT2D eigenvalue weighted by atomic mass is 35.5. The summed E-state index contributed by atoms with van der Waals surface area (Å²) in [5, 5.41) is 12.4.